The maximum absolute atomic E-state index is 12.8. The minimum atomic E-state index is -0.347. The molecule has 8 nitrogen and oxygen atoms in total. The van der Waals surface area contributed by atoms with Gasteiger partial charge in [-0.3, -0.25) is 18.3 Å². The highest BCUT2D eigenvalue weighted by Gasteiger charge is 2.21. The van der Waals surface area contributed by atoms with E-state index in [0.717, 1.165) is 41.2 Å². The van der Waals surface area contributed by atoms with E-state index in [-0.39, 0.29) is 11.2 Å². The van der Waals surface area contributed by atoms with Crippen molar-refractivity contribution in [2.45, 2.75) is 52.5 Å². The van der Waals surface area contributed by atoms with Crippen molar-refractivity contribution in [2.24, 2.45) is 14.1 Å². The van der Waals surface area contributed by atoms with Crippen molar-refractivity contribution in [3.63, 3.8) is 0 Å². The zero-order chi connectivity index (χ0) is 20.0. The normalized spacial score (nSPS) is 16.3. The lowest BCUT2D eigenvalue weighted by Crippen LogP contribution is -2.37. The molecule has 0 saturated carbocycles. The zero-order valence-corrected chi connectivity index (χ0v) is 17.4. The Labute approximate surface area is 164 Å². The second-order valence-electron chi connectivity index (χ2n) is 8.06. The van der Waals surface area contributed by atoms with Gasteiger partial charge in [0.2, 0.25) is 5.78 Å². The van der Waals surface area contributed by atoms with Gasteiger partial charge in [-0.15, -0.1) is 0 Å². The first-order valence-electron chi connectivity index (χ1n) is 10.3. The minimum absolute atomic E-state index is 0.296. The first-order chi connectivity index (χ1) is 13.4. The quantitative estimate of drug-likeness (QED) is 0.683. The molecule has 0 spiro atoms. The number of hydrogen-bond donors (Lipinski definition) is 0. The van der Waals surface area contributed by atoms with Gasteiger partial charge >= 0.3 is 5.69 Å². The van der Waals surface area contributed by atoms with Gasteiger partial charge in [-0.1, -0.05) is 12.8 Å². The third-order valence-electron chi connectivity index (χ3n) is 6.30. The van der Waals surface area contributed by atoms with E-state index in [2.05, 4.69) is 16.4 Å². The van der Waals surface area contributed by atoms with E-state index in [1.165, 1.54) is 50.4 Å². The third kappa shape index (κ3) is 2.90. The van der Waals surface area contributed by atoms with Gasteiger partial charge in [-0.25, -0.2) is 4.79 Å². The summed E-state index contributed by atoms with van der Waals surface area (Å²) >= 11 is 0. The standard InChI is InChI=1S/C20H30N6O2/c1-14-15(2)26-16-17(22(3)20(28)23(4)18(16)27)21-19(26)25(14)13-9-12-24-10-7-5-6-8-11-24/h5-13H2,1-4H3. The fraction of sp³-hybridized carbons (Fsp3) is 0.650. The van der Waals surface area contributed by atoms with Crippen LogP contribution in [-0.4, -0.2) is 47.6 Å². The molecular formula is C20H30N6O2. The minimum Gasteiger partial charge on any atom is -0.314 e. The molecule has 0 aliphatic carbocycles. The molecule has 152 valence electrons. The number of aromatic nitrogens is 5. The van der Waals surface area contributed by atoms with Crippen molar-refractivity contribution in [3.05, 3.63) is 32.2 Å². The lowest BCUT2D eigenvalue weighted by Gasteiger charge is -2.19. The van der Waals surface area contributed by atoms with Crippen LogP contribution in [0.5, 0.6) is 0 Å². The molecule has 0 unspecified atom stereocenters. The predicted octanol–water partition coefficient (Wildman–Crippen LogP) is 1.57. The Balaban J connectivity index is 1.72. The zero-order valence-electron chi connectivity index (χ0n) is 17.4. The number of aryl methyl sites for hydroxylation is 3. The number of fused-ring (bicyclic) bond motifs is 3. The largest absolute Gasteiger partial charge is 0.332 e. The first-order valence-corrected chi connectivity index (χ1v) is 10.3. The molecule has 0 bridgehead atoms. The van der Waals surface area contributed by atoms with Crippen LogP contribution in [0.2, 0.25) is 0 Å². The smallest absolute Gasteiger partial charge is 0.314 e. The van der Waals surface area contributed by atoms with Crippen LogP contribution in [0, 0.1) is 13.8 Å². The fourth-order valence-corrected chi connectivity index (χ4v) is 4.47. The van der Waals surface area contributed by atoms with Crippen LogP contribution in [0.3, 0.4) is 0 Å². The maximum atomic E-state index is 12.8. The molecule has 1 aliphatic rings. The van der Waals surface area contributed by atoms with Crippen LogP contribution in [0.25, 0.3) is 16.9 Å². The Morgan fingerprint density at radius 1 is 0.893 bits per heavy atom. The highest BCUT2D eigenvalue weighted by molar-refractivity contribution is 5.76. The Morgan fingerprint density at radius 2 is 1.57 bits per heavy atom. The number of rotatable bonds is 4. The van der Waals surface area contributed by atoms with Crippen molar-refractivity contribution in [1.82, 2.24) is 28.0 Å². The lowest BCUT2D eigenvalue weighted by atomic mass is 10.2. The van der Waals surface area contributed by atoms with E-state index in [1.54, 1.807) is 7.05 Å². The van der Waals surface area contributed by atoms with Gasteiger partial charge in [0.05, 0.1) is 0 Å². The lowest BCUT2D eigenvalue weighted by molar-refractivity contribution is 0.276. The van der Waals surface area contributed by atoms with Crippen molar-refractivity contribution >= 4 is 16.9 Å². The summed E-state index contributed by atoms with van der Waals surface area (Å²) in [5, 5.41) is 0. The van der Waals surface area contributed by atoms with Gasteiger partial charge in [-0.05, 0) is 52.7 Å². The van der Waals surface area contributed by atoms with Crippen molar-refractivity contribution in [2.75, 3.05) is 19.6 Å². The maximum Gasteiger partial charge on any atom is 0.332 e. The van der Waals surface area contributed by atoms with E-state index < -0.39 is 0 Å². The van der Waals surface area contributed by atoms with E-state index >= 15 is 0 Å². The molecule has 1 saturated heterocycles. The van der Waals surface area contributed by atoms with Crippen LogP contribution < -0.4 is 11.2 Å². The summed E-state index contributed by atoms with van der Waals surface area (Å²) < 4.78 is 6.72. The van der Waals surface area contributed by atoms with Gasteiger partial charge in [0.1, 0.15) is 0 Å². The Hall–Kier alpha value is -2.35. The average Bonchev–Trinajstić information content (AvgIpc) is 3.02. The van der Waals surface area contributed by atoms with Gasteiger partial charge in [-0.2, -0.15) is 4.98 Å². The van der Waals surface area contributed by atoms with E-state index in [4.69, 9.17) is 4.98 Å². The summed E-state index contributed by atoms with van der Waals surface area (Å²) in [7, 11) is 3.19. The van der Waals surface area contributed by atoms with Crippen LogP contribution in [0.1, 0.15) is 43.5 Å². The molecule has 0 radical (unpaired) electrons. The van der Waals surface area contributed by atoms with Crippen LogP contribution in [0.15, 0.2) is 9.59 Å². The molecule has 0 N–H and O–H groups in total. The van der Waals surface area contributed by atoms with Gasteiger partial charge in [0.25, 0.3) is 5.56 Å². The summed E-state index contributed by atoms with van der Waals surface area (Å²) in [5.74, 6) is 0.749. The van der Waals surface area contributed by atoms with E-state index in [9.17, 15) is 9.59 Å². The molecule has 4 rings (SSSR count). The third-order valence-corrected chi connectivity index (χ3v) is 6.30. The van der Waals surface area contributed by atoms with Crippen molar-refractivity contribution in [3.8, 4) is 0 Å². The second-order valence-corrected chi connectivity index (χ2v) is 8.06. The SMILES string of the molecule is Cc1c(C)n2c3c(=O)n(C)c(=O)n(C)c3nc2n1CCCN1CCCCCC1. The number of likely N-dealkylation sites (tertiary alicyclic amines) is 1. The molecule has 3 aromatic heterocycles. The van der Waals surface area contributed by atoms with E-state index in [0.29, 0.717) is 11.2 Å². The van der Waals surface area contributed by atoms with Crippen LogP contribution >= 0.6 is 0 Å². The number of hydrogen-bond acceptors (Lipinski definition) is 4. The molecule has 8 heteroatoms. The number of nitrogens with zero attached hydrogens (tertiary/aromatic N) is 6. The van der Waals surface area contributed by atoms with E-state index in [1.807, 2.05) is 11.3 Å². The topological polar surface area (TPSA) is 69.5 Å². The molecule has 3 aromatic rings. The Bertz CT molecular complexity index is 1140. The van der Waals surface area contributed by atoms with Crippen LogP contribution in [-0.2, 0) is 20.6 Å². The molecule has 0 amide bonds. The predicted molar refractivity (Wildman–Crippen MR) is 110 cm³/mol. The molecule has 0 atom stereocenters. The van der Waals surface area contributed by atoms with Crippen molar-refractivity contribution < 1.29 is 0 Å². The highest BCUT2D eigenvalue weighted by atomic mass is 16.2. The van der Waals surface area contributed by atoms with Gasteiger partial charge < -0.3 is 9.47 Å². The highest BCUT2D eigenvalue weighted by Crippen LogP contribution is 2.21. The summed E-state index contributed by atoms with van der Waals surface area (Å²) in [5.41, 5.74) is 2.41. The molecular weight excluding hydrogens is 356 g/mol. The van der Waals surface area contributed by atoms with Crippen LogP contribution in [0.4, 0.5) is 0 Å². The summed E-state index contributed by atoms with van der Waals surface area (Å²) in [4.78, 5) is 32.3. The summed E-state index contributed by atoms with van der Waals surface area (Å²) in [6, 6.07) is 0. The Morgan fingerprint density at radius 3 is 2.25 bits per heavy atom. The molecule has 1 aliphatic heterocycles. The molecule has 28 heavy (non-hydrogen) atoms. The second kappa shape index (κ2) is 7.24. The first kappa shape index (κ1) is 19.0. The van der Waals surface area contributed by atoms with Gasteiger partial charge in [0.15, 0.2) is 11.2 Å². The summed E-state index contributed by atoms with van der Waals surface area (Å²) in [6.45, 7) is 8.43. The van der Waals surface area contributed by atoms with Gasteiger partial charge in [0, 0.05) is 32.0 Å². The average molecular weight is 387 g/mol. The van der Waals surface area contributed by atoms with Crippen molar-refractivity contribution in [1.29, 1.82) is 0 Å². The molecule has 0 aromatic carbocycles. The number of imidazole rings is 2. The fourth-order valence-electron chi connectivity index (χ4n) is 4.47. The molecule has 1 fully saturated rings. The summed E-state index contributed by atoms with van der Waals surface area (Å²) in [6.07, 6.45) is 6.34. The monoisotopic (exact) mass is 386 g/mol. The Kier molecular flexibility index (Phi) is 4.91. The molecule has 4 heterocycles.